The number of anilines is 1. The van der Waals surface area contributed by atoms with Gasteiger partial charge in [-0.25, -0.2) is 0 Å². The van der Waals surface area contributed by atoms with Gasteiger partial charge in [-0.15, -0.1) is 0 Å². The summed E-state index contributed by atoms with van der Waals surface area (Å²) in [7, 11) is 4.68. The van der Waals surface area contributed by atoms with Crippen LogP contribution in [0, 0.1) is 11.8 Å². The number of cyclic esters (lactones) is 1. The van der Waals surface area contributed by atoms with Crippen LogP contribution in [0.1, 0.15) is 44.6 Å². The molecule has 44 heavy (non-hydrogen) atoms. The Hall–Kier alpha value is -5.18. The highest BCUT2D eigenvalue weighted by molar-refractivity contribution is 6.12. The van der Waals surface area contributed by atoms with Gasteiger partial charge in [0.15, 0.2) is 28.8 Å². The lowest BCUT2D eigenvalue weighted by atomic mass is 9.65. The standard InChI is InChI=1S/C35H31NO8/c1-39-28-13-20(14-29(40-2)34(28)41-3)30-22-15-26-27(44-18-43-26)16-23(22)32(24-17-42-35(38)31(24)30)36-25-12-8-7-11-21(25)33(37)19-9-5-4-6-10-19/h4-16,24,30-32,36H,17-18H2,1-3H3/t24-,30+,31-,32+/m0/s1. The first kappa shape index (κ1) is 27.6. The van der Waals surface area contributed by atoms with Crippen LogP contribution in [-0.4, -0.2) is 46.5 Å². The Morgan fingerprint density at radius 2 is 1.45 bits per heavy atom. The van der Waals surface area contributed by atoms with E-state index in [1.807, 2.05) is 66.7 Å². The van der Waals surface area contributed by atoms with Gasteiger partial charge in [0.1, 0.15) is 0 Å². The molecule has 224 valence electrons. The minimum atomic E-state index is -0.542. The Labute approximate surface area is 254 Å². The molecule has 4 aromatic carbocycles. The average molecular weight is 594 g/mol. The molecule has 1 saturated heterocycles. The van der Waals surface area contributed by atoms with Gasteiger partial charge in [0.05, 0.1) is 39.9 Å². The third kappa shape index (κ3) is 4.47. The first-order valence-electron chi connectivity index (χ1n) is 14.4. The van der Waals surface area contributed by atoms with Crippen molar-refractivity contribution in [3.8, 4) is 28.7 Å². The summed E-state index contributed by atoms with van der Waals surface area (Å²) in [5.41, 5.74) is 4.41. The van der Waals surface area contributed by atoms with Gasteiger partial charge in [0, 0.05) is 28.7 Å². The molecule has 3 aliphatic rings. The number of hydrogen-bond acceptors (Lipinski definition) is 9. The predicted molar refractivity (Wildman–Crippen MR) is 161 cm³/mol. The monoisotopic (exact) mass is 593 g/mol. The lowest BCUT2D eigenvalue weighted by molar-refractivity contribution is -0.141. The van der Waals surface area contributed by atoms with Crippen molar-refractivity contribution in [2.24, 2.45) is 11.8 Å². The maximum absolute atomic E-state index is 13.6. The van der Waals surface area contributed by atoms with Crippen LogP contribution in [0.2, 0.25) is 0 Å². The minimum Gasteiger partial charge on any atom is -0.493 e. The summed E-state index contributed by atoms with van der Waals surface area (Å²) in [6, 6.07) is 23.9. The molecule has 1 fully saturated rings. The van der Waals surface area contributed by atoms with Gasteiger partial charge >= 0.3 is 5.97 Å². The van der Waals surface area contributed by atoms with E-state index in [0.717, 1.165) is 16.7 Å². The highest BCUT2D eigenvalue weighted by Gasteiger charge is 2.53. The molecule has 1 aliphatic carbocycles. The molecule has 0 amide bonds. The summed E-state index contributed by atoms with van der Waals surface area (Å²) >= 11 is 0. The molecule has 0 spiro atoms. The van der Waals surface area contributed by atoms with Crippen molar-refractivity contribution in [3.05, 3.63) is 107 Å². The number of carbonyl (C=O) groups is 2. The molecule has 7 rings (SSSR count). The summed E-state index contributed by atoms with van der Waals surface area (Å²) in [5, 5.41) is 3.66. The number of carbonyl (C=O) groups excluding carboxylic acids is 2. The predicted octanol–water partition coefficient (Wildman–Crippen LogP) is 5.76. The second-order valence-corrected chi connectivity index (χ2v) is 11.0. The molecule has 0 aromatic heterocycles. The molecular formula is C35H31NO8. The molecule has 1 N–H and O–H groups in total. The van der Waals surface area contributed by atoms with Crippen LogP contribution in [0.4, 0.5) is 5.69 Å². The third-order valence-electron chi connectivity index (χ3n) is 8.75. The molecule has 0 radical (unpaired) electrons. The van der Waals surface area contributed by atoms with Gasteiger partial charge in [-0.2, -0.15) is 0 Å². The van der Waals surface area contributed by atoms with Crippen LogP contribution in [0.15, 0.2) is 78.9 Å². The first-order chi connectivity index (χ1) is 21.5. The lowest BCUT2D eigenvalue weighted by Crippen LogP contribution is -2.38. The van der Waals surface area contributed by atoms with Crippen LogP contribution < -0.4 is 29.0 Å². The van der Waals surface area contributed by atoms with Crippen LogP contribution in [0.25, 0.3) is 0 Å². The van der Waals surface area contributed by atoms with Crippen molar-refractivity contribution in [1.82, 2.24) is 0 Å². The summed E-state index contributed by atoms with van der Waals surface area (Å²) in [6.45, 7) is 0.319. The second-order valence-electron chi connectivity index (χ2n) is 11.0. The number of esters is 1. The van der Waals surface area contributed by atoms with E-state index >= 15 is 0 Å². The van der Waals surface area contributed by atoms with Gasteiger partial charge in [-0.1, -0.05) is 42.5 Å². The van der Waals surface area contributed by atoms with Crippen LogP contribution in [0.5, 0.6) is 28.7 Å². The number of nitrogens with one attached hydrogen (secondary N) is 1. The quantitative estimate of drug-likeness (QED) is 0.202. The van der Waals surface area contributed by atoms with Crippen molar-refractivity contribution in [1.29, 1.82) is 0 Å². The topological polar surface area (TPSA) is 102 Å². The van der Waals surface area contributed by atoms with E-state index in [1.165, 1.54) is 0 Å². The van der Waals surface area contributed by atoms with Gasteiger partial charge < -0.3 is 33.7 Å². The second kappa shape index (κ2) is 11.1. The third-order valence-corrected chi connectivity index (χ3v) is 8.75. The fourth-order valence-electron chi connectivity index (χ4n) is 6.75. The Morgan fingerprint density at radius 3 is 2.14 bits per heavy atom. The maximum atomic E-state index is 13.6. The highest BCUT2D eigenvalue weighted by Crippen LogP contribution is 2.56. The molecule has 0 bridgehead atoms. The van der Waals surface area contributed by atoms with Crippen molar-refractivity contribution in [2.75, 3.05) is 40.0 Å². The van der Waals surface area contributed by atoms with Crippen LogP contribution in [-0.2, 0) is 9.53 Å². The van der Waals surface area contributed by atoms with E-state index in [1.54, 1.807) is 33.5 Å². The van der Waals surface area contributed by atoms with Crippen LogP contribution >= 0.6 is 0 Å². The number of rotatable bonds is 8. The number of ketones is 1. The number of methoxy groups -OCH3 is 3. The summed E-state index contributed by atoms with van der Waals surface area (Å²) in [6.07, 6.45) is 0. The van der Waals surface area contributed by atoms with Gasteiger partial charge in [0.2, 0.25) is 12.5 Å². The Bertz CT molecular complexity index is 1730. The van der Waals surface area contributed by atoms with Gasteiger partial charge in [-0.05, 0) is 53.1 Å². The maximum Gasteiger partial charge on any atom is 0.310 e. The van der Waals surface area contributed by atoms with Crippen LogP contribution in [0.3, 0.4) is 0 Å². The fourth-order valence-corrected chi connectivity index (χ4v) is 6.75. The van der Waals surface area contributed by atoms with E-state index in [-0.39, 0.29) is 37.1 Å². The Morgan fingerprint density at radius 1 is 0.795 bits per heavy atom. The summed E-state index contributed by atoms with van der Waals surface area (Å²) in [5.74, 6) is 1.05. The number of ether oxygens (including phenoxy) is 6. The van der Waals surface area contributed by atoms with E-state index in [9.17, 15) is 9.59 Å². The summed E-state index contributed by atoms with van der Waals surface area (Å²) < 4.78 is 34.3. The molecule has 9 heteroatoms. The Kier molecular flexibility index (Phi) is 7.00. The zero-order valence-corrected chi connectivity index (χ0v) is 24.5. The molecule has 2 aliphatic heterocycles. The number of benzene rings is 4. The number of para-hydroxylation sites is 1. The van der Waals surface area contributed by atoms with Crippen molar-refractivity contribution in [2.45, 2.75) is 12.0 Å². The molecule has 0 unspecified atom stereocenters. The molecule has 9 nitrogen and oxygen atoms in total. The normalized spacial score (nSPS) is 21.1. The molecule has 2 heterocycles. The van der Waals surface area contributed by atoms with E-state index in [0.29, 0.717) is 45.6 Å². The fraction of sp³-hybridized carbons (Fsp3) is 0.257. The minimum absolute atomic E-state index is 0.0963. The number of hydrogen-bond donors (Lipinski definition) is 1. The molecular weight excluding hydrogens is 562 g/mol. The first-order valence-corrected chi connectivity index (χ1v) is 14.4. The zero-order valence-electron chi connectivity index (χ0n) is 24.5. The lowest BCUT2D eigenvalue weighted by Gasteiger charge is -2.40. The van der Waals surface area contributed by atoms with Crippen molar-refractivity contribution in [3.63, 3.8) is 0 Å². The largest absolute Gasteiger partial charge is 0.493 e. The molecule has 4 atom stereocenters. The Balaban J connectivity index is 1.38. The van der Waals surface area contributed by atoms with E-state index < -0.39 is 11.8 Å². The van der Waals surface area contributed by atoms with Crippen molar-refractivity contribution >= 4 is 17.4 Å². The summed E-state index contributed by atoms with van der Waals surface area (Å²) in [4.78, 5) is 27.2. The van der Waals surface area contributed by atoms with E-state index in [4.69, 9.17) is 28.4 Å². The van der Waals surface area contributed by atoms with Gasteiger partial charge in [0.25, 0.3) is 0 Å². The highest BCUT2D eigenvalue weighted by atomic mass is 16.7. The molecule has 0 saturated carbocycles. The molecule has 4 aromatic rings. The SMILES string of the molecule is COc1cc([C@@H]2c3cc4c(cc3[C@@H](Nc3ccccc3C(=O)c3ccccc3)[C@H]3COC(=O)[C@H]23)OCO4)cc(OC)c1OC. The van der Waals surface area contributed by atoms with E-state index in [2.05, 4.69) is 5.32 Å². The smallest absolute Gasteiger partial charge is 0.310 e. The average Bonchev–Trinajstić information content (AvgIpc) is 3.69. The number of fused-ring (bicyclic) bond motifs is 3. The zero-order chi connectivity index (χ0) is 30.4. The van der Waals surface area contributed by atoms with Crippen molar-refractivity contribution < 1.29 is 38.0 Å². The van der Waals surface area contributed by atoms with Gasteiger partial charge in [-0.3, -0.25) is 9.59 Å².